The molecule has 3 heterocycles. The number of rotatable bonds is 4. The molecule has 0 spiro atoms. The minimum Gasteiger partial charge on any atom is -0.454 e. The first-order valence-electron chi connectivity index (χ1n) is 12.1. The van der Waals surface area contributed by atoms with Crippen molar-refractivity contribution in [2.75, 3.05) is 25.2 Å². The highest BCUT2D eigenvalue weighted by atomic mass is 16.7. The highest BCUT2D eigenvalue weighted by molar-refractivity contribution is 5.72. The SMILES string of the molecule is CC(C)(C)OC(=O)NCCC[C@H]1Nc2cc3c(cc2[C@@H]2[C@H]1CCN2C(=O)OC(C)(C)C)OCO3. The van der Waals surface area contributed by atoms with Crippen molar-refractivity contribution < 1.29 is 28.5 Å². The van der Waals surface area contributed by atoms with Crippen molar-refractivity contribution in [3.63, 3.8) is 0 Å². The maximum Gasteiger partial charge on any atom is 0.410 e. The Labute approximate surface area is 201 Å². The summed E-state index contributed by atoms with van der Waals surface area (Å²) in [6.45, 7) is 12.5. The van der Waals surface area contributed by atoms with Crippen LogP contribution in [-0.4, -0.2) is 54.2 Å². The van der Waals surface area contributed by atoms with Gasteiger partial charge in [0.15, 0.2) is 11.5 Å². The fraction of sp³-hybridized carbons (Fsp3) is 0.680. The van der Waals surface area contributed by atoms with E-state index in [0.29, 0.717) is 24.6 Å². The van der Waals surface area contributed by atoms with Gasteiger partial charge in [0, 0.05) is 42.4 Å². The van der Waals surface area contributed by atoms with Crippen molar-refractivity contribution in [2.45, 2.75) is 84.1 Å². The molecule has 1 aromatic rings. The highest BCUT2D eigenvalue weighted by Gasteiger charge is 2.47. The lowest BCUT2D eigenvalue weighted by Crippen LogP contribution is -2.43. The van der Waals surface area contributed by atoms with Gasteiger partial charge in [0.05, 0.1) is 6.04 Å². The number of nitrogens with one attached hydrogen (secondary N) is 2. The Morgan fingerprint density at radius 2 is 1.76 bits per heavy atom. The zero-order chi connectivity index (χ0) is 24.7. The van der Waals surface area contributed by atoms with Gasteiger partial charge in [0.1, 0.15) is 11.2 Å². The van der Waals surface area contributed by atoms with Crippen molar-refractivity contribution in [1.29, 1.82) is 0 Å². The van der Waals surface area contributed by atoms with Crippen molar-refractivity contribution in [1.82, 2.24) is 10.2 Å². The zero-order valence-corrected chi connectivity index (χ0v) is 21.0. The number of hydrogen-bond donors (Lipinski definition) is 2. The molecular formula is C25H37N3O6. The smallest absolute Gasteiger partial charge is 0.410 e. The topological polar surface area (TPSA) is 98.4 Å². The predicted molar refractivity (Wildman–Crippen MR) is 127 cm³/mol. The van der Waals surface area contributed by atoms with E-state index in [1.807, 2.05) is 58.6 Å². The molecule has 0 saturated carbocycles. The number of ether oxygens (including phenoxy) is 4. The Bertz CT molecular complexity index is 936. The van der Waals surface area contributed by atoms with Crippen LogP contribution in [0.25, 0.3) is 0 Å². The summed E-state index contributed by atoms with van der Waals surface area (Å²) < 4.78 is 22.2. The molecule has 3 aliphatic heterocycles. The Morgan fingerprint density at radius 3 is 2.44 bits per heavy atom. The molecule has 0 radical (unpaired) electrons. The number of amides is 2. The van der Waals surface area contributed by atoms with Crippen LogP contribution in [0.15, 0.2) is 12.1 Å². The Morgan fingerprint density at radius 1 is 1.09 bits per heavy atom. The van der Waals surface area contributed by atoms with Crippen molar-refractivity contribution in [2.24, 2.45) is 5.92 Å². The summed E-state index contributed by atoms with van der Waals surface area (Å²) in [6.07, 6.45) is 1.79. The molecule has 3 atom stereocenters. The molecule has 0 bridgehead atoms. The summed E-state index contributed by atoms with van der Waals surface area (Å²) in [7, 11) is 0. The second kappa shape index (κ2) is 9.07. The van der Waals surface area contributed by atoms with Crippen molar-refractivity contribution >= 4 is 17.9 Å². The number of hydrogen-bond acceptors (Lipinski definition) is 7. The van der Waals surface area contributed by atoms with Crippen LogP contribution in [0, 0.1) is 5.92 Å². The van der Waals surface area contributed by atoms with Gasteiger partial charge in [0.25, 0.3) is 0 Å². The quantitative estimate of drug-likeness (QED) is 0.603. The number of alkyl carbamates (subject to hydrolysis) is 1. The summed E-state index contributed by atoms with van der Waals surface area (Å²) >= 11 is 0. The summed E-state index contributed by atoms with van der Waals surface area (Å²) in [4.78, 5) is 26.9. The number of likely N-dealkylation sites (tertiary alicyclic amines) is 1. The second-order valence-corrected chi connectivity index (χ2v) is 11.2. The molecule has 2 N–H and O–H groups in total. The molecule has 34 heavy (non-hydrogen) atoms. The molecule has 0 aromatic heterocycles. The Balaban J connectivity index is 1.49. The van der Waals surface area contributed by atoms with Gasteiger partial charge in [-0.2, -0.15) is 0 Å². The average molecular weight is 476 g/mol. The van der Waals surface area contributed by atoms with E-state index < -0.39 is 17.3 Å². The van der Waals surface area contributed by atoms with Gasteiger partial charge < -0.3 is 34.5 Å². The molecule has 188 valence electrons. The summed E-state index contributed by atoms with van der Waals surface area (Å²) in [5.41, 5.74) is 0.895. The Kier molecular flexibility index (Phi) is 6.48. The summed E-state index contributed by atoms with van der Waals surface area (Å²) in [5.74, 6) is 1.63. The Hall–Kier alpha value is -2.84. The van der Waals surface area contributed by atoms with E-state index in [1.54, 1.807) is 0 Å². The van der Waals surface area contributed by atoms with E-state index in [4.69, 9.17) is 18.9 Å². The monoisotopic (exact) mass is 475 g/mol. The zero-order valence-electron chi connectivity index (χ0n) is 21.0. The third kappa shape index (κ3) is 5.45. The molecule has 2 amide bonds. The van der Waals surface area contributed by atoms with Crippen LogP contribution in [0.3, 0.4) is 0 Å². The second-order valence-electron chi connectivity index (χ2n) is 11.2. The third-order valence-corrected chi connectivity index (χ3v) is 6.15. The van der Waals surface area contributed by atoms with E-state index >= 15 is 0 Å². The average Bonchev–Trinajstić information content (AvgIpc) is 3.33. The van der Waals surface area contributed by atoms with Gasteiger partial charge in [-0.05, 0) is 66.9 Å². The maximum absolute atomic E-state index is 13.1. The molecule has 1 fully saturated rings. The first-order chi connectivity index (χ1) is 15.9. The molecule has 3 aliphatic rings. The predicted octanol–water partition coefficient (Wildman–Crippen LogP) is 4.81. The van der Waals surface area contributed by atoms with Gasteiger partial charge >= 0.3 is 12.2 Å². The molecular weight excluding hydrogens is 438 g/mol. The van der Waals surface area contributed by atoms with Crippen molar-refractivity contribution in [3.8, 4) is 11.5 Å². The van der Waals surface area contributed by atoms with E-state index in [-0.39, 0.29) is 30.9 Å². The number of fused-ring (bicyclic) bond motifs is 4. The minimum atomic E-state index is -0.563. The normalized spacial score (nSPS) is 23.0. The standard InChI is InChI=1S/C25H37N3O6/c1-24(2,3)33-22(29)26-10-7-8-17-15-9-11-28(23(30)34-25(4,5)6)21(15)16-12-19-20(32-14-31-19)13-18(16)27-17/h12-13,15,17,21,27H,7-11,14H2,1-6H3,(H,26,29)/t15-,17+,21-/m0/s1. The van der Waals surface area contributed by atoms with Gasteiger partial charge in [-0.15, -0.1) is 0 Å². The van der Waals surface area contributed by atoms with Crippen molar-refractivity contribution in [3.05, 3.63) is 17.7 Å². The van der Waals surface area contributed by atoms with E-state index in [1.165, 1.54) is 0 Å². The van der Waals surface area contributed by atoms with Crippen LogP contribution in [0.5, 0.6) is 11.5 Å². The van der Waals surface area contributed by atoms with Gasteiger partial charge in [-0.3, -0.25) is 0 Å². The number of carbonyl (C=O) groups excluding carboxylic acids is 2. The molecule has 1 saturated heterocycles. The summed E-state index contributed by atoms with van der Waals surface area (Å²) in [5, 5.41) is 6.51. The number of carbonyl (C=O) groups is 2. The molecule has 0 aliphatic carbocycles. The molecule has 4 rings (SSSR count). The first kappa shape index (κ1) is 24.3. The highest BCUT2D eigenvalue weighted by Crippen LogP contribution is 2.51. The van der Waals surface area contributed by atoms with Crippen LogP contribution in [0.4, 0.5) is 15.3 Å². The van der Waals surface area contributed by atoms with E-state index in [0.717, 1.165) is 30.5 Å². The van der Waals surface area contributed by atoms with Crippen LogP contribution >= 0.6 is 0 Å². The van der Waals surface area contributed by atoms with Gasteiger partial charge in [0.2, 0.25) is 6.79 Å². The van der Waals surface area contributed by atoms with Gasteiger partial charge in [-0.25, -0.2) is 9.59 Å². The lowest BCUT2D eigenvalue weighted by molar-refractivity contribution is 0.0196. The van der Waals surface area contributed by atoms with Crippen LogP contribution in [0.2, 0.25) is 0 Å². The number of anilines is 1. The fourth-order valence-electron chi connectivity index (χ4n) is 4.91. The molecule has 9 nitrogen and oxygen atoms in total. The third-order valence-electron chi connectivity index (χ3n) is 6.15. The maximum atomic E-state index is 13.1. The van der Waals surface area contributed by atoms with Crippen LogP contribution in [0.1, 0.15) is 72.4 Å². The number of benzene rings is 1. The summed E-state index contributed by atoms with van der Waals surface area (Å²) in [6, 6.07) is 3.99. The minimum absolute atomic E-state index is 0.107. The van der Waals surface area contributed by atoms with Crippen LogP contribution < -0.4 is 20.1 Å². The molecule has 0 unspecified atom stereocenters. The molecule has 1 aromatic carbocycles. The van der Waals surface area contributed by atoms with Gasteiger partial charge in [-0.1, -0.05) is 0 Å². The van der Waals surface area contributed by atoms with Crippen LogP contribution in [-0.2, 0) is 9.47 Å². The first-order valence-corrected chi connectivity index (χ1v) is 12.1. The largest absolute Gasteiger partial charge is 0.454 e. The molecule has 9 heteroatoms. The number of nitrogens with zero attached hydrogens (tertiary/aromatic N) is 1. The van der Waals surface area contributed by atoms with E-state index in [9.17, 15) is 9.59 Å². The lowest BCUT2D eigenvalue weighted by Gasteiger charge is -2.40. The fourth-order valence-corrected chi connectivity index (χ4v) is 4.91. The lowest BCUT2D eigenvalue weighted by atomic mass is 9.81. The van der Waals surface area contributed by atoms with E-state index in [2.05, 4.69) is 10.6 Å².